The molecule has 0 atom stereocenters. The first-order chi connectivity index (χ1) is 6.74. The van der Waals surface area contributed by atoms with E-state index in [1.807, 2.05) is 12.2 Å². The Balaban J connectivity index is 2.44. The fourth-order valence-corrected chi connectivity index (χ4v) is 1.74. The first kappa shape index (κ1) is 11.1. The van der Waals surface area contributed by atoms with E-state index >= 15 is 0 Å². The topological polar surface area (TPSA) is 3.24 Å². The van der Waals surface area contributed by atoms with Crippen molar-refractivity contribution >= 4 is 0 Å². The number of hydrogen-bond donors (Lipinski definition) is 0. The molecule has 1 fully saturated rings. The van der Waals surface area contributed by atoms with Gasteiger partial charge in [0.05, 0.1) is 0 Å². The Bertz CT molecular complexity index is 230. The second kappa shape index (κ2) is 5.69. The van der Waals surface area contributed by atoms with Gasteiger partial charge in [0.25, 0.3) is 0 Å². The van der Waals surface area contributed by atoms with Crippen molar-refractivity contribution < 1.29 is 0 Å². The highest BCUT2D eigenvalue weighted by atomic mass is 15.1. The molecule has 1 heterocycles. The lowest BCUT2D eigenvalue weighted by Crippen LogP contribution is -2.31. The highest BCUT2D eigenvalue weighted by Gasteiger charge is 2.14. The van der Waals surface area contributed by atoms with E-state index in [4.69, 9.17) is 0 Å². The summed E-state index contributed by atoms with van der Waals surface area (Å²) in [5.74, 6) is 0.905. The average Bonchev–Trinajstić information content (AvgIpc) is 2.19. The normalized spacial score (nSPS) is 20.4. The Kier molecular flexibility index (Phi) is 4.51. The molecule has 0 radical (unpaired) electrons. The summed E-state index contributed by atoms with van der Waals surface area (Å²) >= 11 is 0. The van der Waals surface area contributed by atoms with E-state index in [1.165, 1.54) is 31.6 Å². The highest BCUT2D eigenvalue weighted by molar-refractivity contribution is 5.13. The zero-order chi connectivity index (χ0) is 10.4. The summed E-state index contributed by atoms with van der Waals surface area (Å²) in [5, 5.41) is 0. The van der Waals surface area contributed by atoms with E-state index in [1.54, 1.807) is 0 Å². The molecular weight excluding hydrogens is 170 g/mol. The summed E-state index contributed by atoms with van der Waals surface area (Å²) in [6.07, 6.45) is 10.7. The number of rotatable bonds is 3. The van der Waals surface area contributed by atoms with E-state index in [-0.39, 0.29) is 0 Å². The van der Waals surface area contributed by atoms with Crippen molar-refractivity contribution in [2.45, 2.75) is 26.7 Å². The van der Waals surface area contributed by atoms with Crippen LogP contribution in [0.25, 0.3) is 0 Å². The van der Waals surface area contributed by atoms with E-state index in [0.717, 1.165) is 5.92 Å². The smallest absolute Gasteiger partial charge is 0.0177 e. The second-order valence-corrected chi connectivity index (χ2v) is 4.10. The Morgan fingerprint density at radius 3 is 2.50 bits per heavy atom. The molecule has 1 aliphatic heterocycles. The molecule has 0 unspecified atom stereocenters. The fourth-order valence-electron chi connectivity index (χ4n) is 1.74. The van der Waals surface area contributed by atoms with Crippen LogP contribution in [0.3, 0.4) is 0 Å². The Morgan fingerprint density at radius 2 is 1.93 bits per heavy atom. The van der Waals surface area contributed by atoms with Crippen LogP contribution in [-0.2, 0) is 0 Å². The van der Waals surface area contributed by atoms with Crippen LogP contribution in [0.2, 0.25) is 0 Å². The zero-order valence-corrected chi connectivity index (χ0v) is 9.37. The lowest BCUT2D eigenvalue weighted by molar-refractivity contribution is 0.238. The van der Waals surface area contributed by atoms with Gasteiger partial charge in [-0.15, -0.1) is 0 Å². The monoisotopic (exact) mass is 191 g/mol. The summed E-state index contributed by atoms with van der Waals surface area (Å²) in [7, 11) is 0. The first-order valence-electron chi connectivity index (χ1n) is 5.45. The second-order valence-electron chi connectivity index (χ2n) is 4.10. The molecular formula is C13H21N. The third kappa shape index (κ3) is 3.41. The fraction of sp³-hybridized carbons (Fsp3) is 0.538. The molecule has 1 heteroatoms. The lowest BCUT2D eigenvalue weighted by atomic mass is 9.99. The van der Waals surface area contributed by atoms with E-state index in [9.17, 15) is 0 Å². The van der Waals surface area contributed by atoms with Crippen molar-refractivity contribution in [2.75, 3.05) is 13.1 Å². The van der Waals surface area contributed by atoms with Crippen molar-refractivity contribution in [3.63, 3.8) is 0 Å². The maximum Gasteiger partial charge on any atom is 0.0177 e. The third-order valence-corrected chi connectivity index (χ3v) is 2.87. The highest BCUT2D eigenvalue weighted by Crippen LogP contribution is 2.19. The molecule has 0 aliphatic carbocycles. The van der Waals surface area contributed by atoms with Crippen LogP contribution in [0.15, 0.2) is 36.6 Å². The van der Waals surface area contributed by atoms with Gasteiger partial charge in [0.15, 0.2) is 0 Å². The van der Waals surface area contributed by atoms with Crippen LogP contribution in [-0.4, -0.2) is 18.0 Å². The molecule has 0 aromatic carbocycles. The minimum atomic E-state index is 0.905. The molecule has 1 saturated heterocycles. The maximum absolute atomic E-state index is 3.65. The first-order valence-corrected chi connectivity index (χ1v) is 5.45. The molecule has 78 valence electrons. The van der Waals surface area contributed by atoms with Crippen molar-refractivity contribution in [3.8, 4) is 0 Å². The molecule has 14 heavy (non-hydrogen) atoms. The lowest BCUT2D eigenvalue weighted by Gasteiger charge is -2.32. The molecule has 0 spiro atoms. The minimum absolute atomic E-state index is 0.905. The predicted molar refractivity (Wildman–Crippen MR) is 63.1 cm³/mol. The third-order valence-electron chi connectivity index (χ3n) is 2.87. The van der Waals surface area contributed by atoms with Gasteiger partial charge in [-0.1, -0.05) is 31.7 Å². The number of piperidine rings is 1. The van der Waals surface area contributed by atoms with Gasteiger partial charge in [-0.25, -0.2) is 0 Å². The van der Waals surface area contributed by atoms with Gasteiger partial charge in [-0.05, 0) is 31.8 Å². The predicted octanol–water partition coefficient (Wildman–Crippen LogP) is 3.36. The molecule has 0 aromatic heterocycles. The number of nitrogens with zero attached hydrogens (tertiary/aromatic N) is 1. The van der Waals surface area contributed by atoms with Gasteiger partial charge >= 0.3 is 0 Å². The summed E-state index contributed by atoms with van der Waals surface area (Å²) in [6, 6.07) is 0. The van der Waals surface area contributed by atoms with Crippen LogP contribution < -0.4 is 0 Å². The zero-order valence-electron chi connectivity index (χ0n) is 9.37. The van der Waals surface area contributed by atoms with Gasteiger partial charge in [0, 0.05) is 18.8 Å². The number of allylic oxidation sites excluding steroid dienone is 5. The minimum Gasteiger partial charge on any atom is -0.375 e. The summed E-state index contributed by atoms with van der Waals surface area (Å²) < 4.78 is 0. The van der Waals surface area contributed by atoms with Crippen molar-refractivity contribution in [1.82, 2.24) is 4.90 Å². The van der Waals surface area contributed by atoms with Gasteiger partial charge in [-0.3, -0.25) is 0 Å². The van der Waals surface area contributed by atoms with Crippen molar-refractivity contribution in [2.24, 2.45) is 5.92 Å². The van der Waals surface area contributed by atoms with Crippen LogP contribution in [0.5, 0.6) is 0 Å². The van der Waals surface area contributed by atoms with E-state index in [2.05, 4.69) is 37.5 Å². The largest absolute Gasteiger partial charge is 0.375 e. The maximum atomic E-state index is 3.65. The van der Waals surface area contributed by atoms with Gasteiger partial charge < -0.3 is 4.90 Å². The SMILES string of the molecule is C=C/C=C\C=C(/C)N1CCC(C)CC1. The Hall–Kier alpha value is -0.980. The molecule has 1 rings (SSSR count). The summed E-state index contributed by atoms with van der Waals surface area (Å²) in [6.45, 7) is 10.6. The summed E-state index contributed by atoms with van der Waals surface area (Å²) in [4.78, 5) is 2.47. The Labute approximate surface area is 87.8 Å². The van der Waals surface area contributed by atoms with E-state index < -0.39 is 0 Å². The molecule has 0 bridgehead atoms. The molecule has 1 nitrogen and oxygen atoms in total. The molecule has 0 N–H and O–H groups in total. The van der Waals surface area contributed by atoms with Crippen LogP contribution in [0.4, 0.5) is 0 Å². The van der Waals surface area contributed by atoms with Crippen LogP contribution in [0.1, 0.15) is 26.7 Å². The molecule has 0 aromatic rings. The number of likely N-dealkylation sites (tertiary alicyclic amines) is 1. The Morgan fingerprint density at radius 1 is 1.29 bits per heavy atom. The van der Waals surface area contributed by atoms with Gasteiger partial charge in [0.2, 0.25) is 0 Å². The summed E-state index contributed by atoms with van der Waals surface area (Å²) in [5.41, 5.74) is 1.37. The number of hydrogen-bond acceptors (Lipinski definition) is 1. The molecule has 1 aliphatic rings. The van der Waals surface area contributed by atoms with Crippen LogP contribution >= 0.6 is 0 Å². The van der Waals surface area contributed by atoms with Gasteiger partial charge in [0.1, 0.15) is 0 Å². The molecule has 0 amide bonds. The van der Waals surface area contributed by atoms with Crippen LogP contribution in [0, 0.1) is 5.92 Å². The standard InChI is InChI=1S/C13H21N/c1-4-5-6-7-13(3)14-10-8-12(2)9-11-14/h4-7,12H,1,8-11H2,2-3H3/b6-5-,13-7+. The quantitative estimate of drug-likeness (QED) is 0.618. The van der Waals surface area contributed by atoms with E-state index in [0.29, 0.717) is 0 Å². The van der Waals surface area contributed by atoms with Gasteiger partial charge in [-0.2, -0.15) is 0 Å². The van der Waals surface area contributed by atoms with Crippen molar-refractivity contribution in [3.05, 3.63) is 36.6 Å². The van der Waals surface area contributed by atoms with Crippen molar-refractivity contribution in [1.29, 1.82) is 0 Å². The average molecular weight is 191 g/mol. The molecule has 0 saturated carbocycles.